The monoisotopic (exact) mass is 208 g/mol. The molecule has 0 atom stereocenters. The fourth-order valence-corrected chi connectivity index (χ4v) is 0.965. The van der Waals surface area contributed by atoms with E-state index in [1.807, 2.05) is 0 Å². The molecule has 1 aromatic carbocycles. The lowest BCUT2D eigenvalue weighted by atomic mass is 10.2. The zero-order chi connectivity index (χ0) is 11.3. The molecule has 5 heteroatoms. The number of hydrogen-bond acceptors (Lipinski definition) is 4. The molecule has 0 aliphatic carbocycles. The maximum atomic E-state index is 10.9. The lowest BCUT2D eigenvalue weighted by Crippen LogP contribution is -2.11. The van der Waals surface area contributed by atoms with E-state index in [1.165, 1.54) is 24.3 Å². The van der Waals surface area contributed by atoms with Crippen molar-refractivity contribution in [1.29, 1.82) is 0 Å². The van der Waals surface area contributed by atoms with Gasteiger partial charge in [-0.05, 0) is 12.1 Å². The molecule has 0 saturated heterocycles. The summed E-state index contributed by atoms with van der Waals surface area (Å²) in [5, 5.41) is 8.75. The normalized spacial score (nSPS) is 9.33. The van der Waals surface area contributed by atoms with Gasteiger partial charge in [0.25, 0.3) is 0 Å². The number of benzene rings is 1. The Morgan fingerprint density at radius 1 is 1.33 bits per heavy atom. The van der Waals surface area contributed by atoms with Crippen LogP contribution in [0.25, 0.3) is 0 Å². The van der Waals surface area contributed by atoms with E-state index in [9.17, 15) is 14.4 Å². The second-order valence-electron chi connectivity index (χ2n) is 2.65. The van der Waals surface area contributed by atoms with E-state index in [4.69, 9.17) is 9.84 Å². The van der Waals surface area contributed by atoms with Crippen LogP contribution in [0.3, 0.4) is 0 Å². The molecule has 0 fully saturated rings. The van der Waals surface area contributed by atoms with E-state index in [-0.39, 0.29) is 11.3 Å². The number of carboxylic acids is 1. The number of aldehydes is 1. The van der Waals surface area contributed by atoms with Crippen LogP contribution in [0.2, 0.25) is 0 Å². The van der Waals surface area contributed by atoms with Gasteiger partial charge in [0.1, 0.15) is 24.0 Å². The first kappa shape index (κ1) is 10.9. The molecule has 0 radical (unpaired) electrons. The smallest absolute Gasteiger partial charge is 0.339 e. The predicted octanol–water partition coefficient (Wildman–Crippen LogP) is 0.879. The highest BCUT2D eigenvalue weighted by atomic mass is 16.5. The molecule has 78 valence electrons. The molecule has 0 unspecified atom stereocenters. The summed E-state index contributed by atoms with van der Waals surface area (Å²) in [6, 6.07) is 5.72. The van der Waals surface area contributed by atoms with E-state index in [2.05, 4.69) is 0 Å². The molecule has 0 aliphatic rings. The van der Waals surface area contributed by atoms with Crippen molar-refractivity contribution in [3.63, 3.8) is 0 Å². The Hall–Kier alpha value is -2.17. The van der Waals surface area contributed by atoms with Gasteiger partial charge >= 0.3 is 11.9 Å². The SMILES string of the molecule is O=CCC(=O)Oc1ccccc1C(=O)O. The Bertz CT molecular complexity index is 397. The molecule has 0 aromatic heterocycles. The van der Waals surface area contributed by atoms with Crippen molar-refractivity contribution >= 4 is 18.2 Å². The third-order valence-electron chi connectivity index (χ3n) is 1.59. The quantitative estimate of drug-likeness (QED) is 0.344. The number of rotatable bonds is 4. The van der Waals surface area contributed by atoms with Gasteiger partial charge < -0.3 is 14.6 Å². The van der Waals surface area contributed by atoms with Gasteiger partial charge in [0.2, 0.25) is 0 Å². The van der Waals surface area contributed by atoms with Crippen molar-refractivity contribution in [2.75, 3.05) is 0 Å². The molecular formula is C10H8O5. The Balaban J connectivity index is 2.89. The Labute approximate surface area is 85.3 Å². The van der Waals surface area contributed by atoms with E-state index in [0.717, 1.165) is 0 Å². The highest BCUT2D eigenvalue weighted by molar-refractivity contribution is 5.93. The first-order chi connectivity index (χ1) is 7.15. The standard InChI is InChI=1S/C10H8O5/c11-6-5-9(12)15-8-4-2-1-3-7(8)10(13)14/h1-4,6H,5H2,(H,13,14). The van der Waals surface area contributed by atoms with Crippen LogP contribution in [0, 0.1) is 0 Å². The first-order valence-corrected chi connectivity index (χ1v) is 4.11. The molecule has 1 N–H and O–H groups in total. The van der Waals surface area contributed by atoms with Crippen molar-refractivity contribution in [1.82, 2.24) is 0 Å². The van der Waals surface area contributed by atoms with Gasteiger partial charge in [-0.2, -0.15) is 0 Å². The maximum absolute atomic E-state index is 10.9. The molecule has 0 aliphatic heterocycles. The molecule has 0 bridgehead atoms. The van der Waals surface area contributed by atoms with Crippen molar-refractivity contribution < 1.29 is 24.2 Å². The van der Waals surface area contributed by atoms with Crippen LogP contribution in [0.15, 0.2) is 24.3 Å². The Kier molecular flexibility index (Phi) is 3.56. The first-order valence-electron chi connectivity index (χ1n) is 4.11. The fourth-order valence-electron chi connectivity index (χ4n) is 0.965. The third kappa shape index (κ3) is 2.91. The molecule has 1 rings (SSSR count). The van der Waals surface area contributed by atoms with Crippen LogP contribution in [0.5, 0.6) is 5.75 Å². The molecule has 15 heavy (non-hydrogen) atoms. The summed E-state index contributed by atoms with van der Waals surface area (Å²) in [5.74, 6) is -2.03. The third-order valence-corrected chi connectivity index (χ3v) is 1.59. The Morgan fingerprint density at radius 2 is 2.00 bits per heavy atom. The second-order valence-corrected chi connectivity index (χ2v) is 2.65. The topological polar surface area (TPSA) is 80.7 Å². The van der Waals surface area contributed by atoms with Gasteiger partial charge in [-0.3, -0.25) is 4.79 Å². The van der Waals surface area contributed by atoms with Crippen molar-refractivity contribution in [3.05, 3.63) is 29.8 Å². The average molecular weight is 208 g/mol. The zero-order valence-electron chi connectivity index (χ0n) is 7.67. The molecule has 0 saturated carbocycles. The van der Waals surface area contributed by atoms with E-state index >= 15 is 0 Å². The molecule has 5 nitrogen and oxygen atoms in total. The summed E-state index contributed by atoms with van der Waals surface area (Å²) in [6.45, 7) is 0. The second kappa shape index (κ2) is 4.90. The van der Waals surface area contributed by atoms with Crippen LogP contribution in [0.1, 0.15) is 16.8 Å². The maximum Gasteiger partial charge on any atom is 0.339 e. The van der Waals surface area contributed by atoms with Crippen molar-refractivity contribution in [2.24, 2.45) is 0 Å². The van der Waals surface area contributed by atoms with E-state index in [1.54, 1.807) is 0 Å². The van der Waals surface area contributed by atoms with E-state index in [0.29, 0.717) is 6.29 Å². The Morgan fingerprint density at radius 3 is 2.60 bits per heavy atom. The van der Waals surface area contributed by atoms with Crippen LogP contribution in [-0.4, -0.2) is 23.3 Å². The van der Waals surface area contributed by atoms with Crippen molar-refractivity contribution in [3.8, 4) is 5.75 Å². The molecule has 1 aromatic rings. The summed E-state index contributed by atoms with van der Waals surface area (Å²) in [7, 11) is 0. The lowest BCUT2D eigenvalue weighted by molar-refractivity contribution is -0.135. The summed E-state index contributed by atoms with van der Waals surface area (Å²) >= 11 is 0. The van der Waals surface area contributed by atoms with Gasteiger partial charge in [0.05, 0.1) is 0 Å². The molecular weight excluding hydrogens is 200 g/mol. The number of hydrogen-bond donors (Lipinski definition) is 1. The summed E-state index contributed by atoms with van der Waals surface area (Å²) < 4.78 is 4.70. The molecule has 0 spiro atoms. The number of carboxylic acid groups (broad SMARTS) is 1. The van der Waals surface area contributed by atoms with Gasteiger partial charge in [-0.25, -0.2) is 4.79 Å². The number of aromatic carboxylic acids is 1. The van der Waals surface area contributed by atoms with Gasteiger partial charge in [0.15, 0.2) is 0 Å². The van der Waals surface area contributed by atoms with E-state index < -0.39 is 18.4 Å². The minimum atomic E-state index is -1.19. The van der Waals surface area contributed by atoms with Gasteiger partial charge in [-0.1, -0.05) is 12.1 Å². The van der Waals surface area contributed by atoms with Gasteiger partial charge in [-0.15, -0.1) is 0 Å². The number of carbonyl (C=O) groups excluding carboxylic acids is 2. The largest absolute Gasteiger partial charge is 0.478 e. The van der Waals surface area contributed by atoms with Crippen LogP contribution in [0.4, 0.5) is 0 Å². The summed E-state index contributed by atoms with van der Waals surface area (Å²) in [4.78, 5) is 31.6. The molecule has 0 amide bonds. The van der Waals surface area contributed by atoms with Gasteiger partial charge in [0, 0.05) is 0 Å². The minimum Gasteiger partial charge on any atom is -0.478 e. The number of esters is 1. The predicted molar refractivity (Wildman–Crippen MR) is 49.7 cm³/mol. The summed E-state index contributed by atoms with van der Waals surface area (Å²) in [5.41, 5.74) is -0.114. The molecule has 0 heterocycles. The number of carbonyl (C=O) groups is 3. The highest BCUT2D eigenvalue weighted by Crippen LogP contribution is 2.17. The summed E-state index contributed by atoms with van der Waals surface area (Å²) in [6.07, 6.45) is -0.000330. The number of para-hydroxylation sites is 1. The van der Waals surface area contributed by atoms with Crippen LogP contribution >= 0.6 is 0 Å². The minimum absolute atomic E-state index is 0.0585. The zero-order valence-corrected chi connectivity index (χ0v) is 7.67. The lowest BCUT2D eigenvalue weighted by Gasteiger charge is -2.04. The van der Waals surface area contributed by atoms with Crippen molar-refractivity contribution in [2.45, 2.75) is 6.42 Å². The number of ether oxygens (including phenoxy) is 1. The fraction of sp³-hybridized carbons (Fsp3) is 0.100. The average Bonchev–Trinajstić information content (AvgIpc) is 2.18. The van der Waals surface area contributed by atoms with Crippen LogP contribution < -0.4 is 4.74 Å². The van der Waals surface area contributed by atoms with Crippen LogP contribution in [-0.2, 0) is 9.59 Å². The highest BCUT2D eigenvalue weighted by Gasteiger charge is 2.12.